The molecule has 0 atom stereocenters. The van der Waals surface area contributed by atoms with E-state index in [1.807, 2.05) is 11.8 Å². The Balaban J connectivity index is 1.75. The summed E-state index contributed by atoms with van der Waals surface area (Å²) < 4.78 is 2.36. The largest absolute Gasteiger partial charge is 0.222 e. The fourth-order valence-electron chi connectivity index (χ4n) is 6.21. The van der Waals surface area contributed by atoms with E-state index in [4.69, 9.17) is 0 Å². The van der Waals surface area contributed by atoms with E-state index in [0.717, 1.165) is 12.8 Å². The summed E-state index contributed by atoms with van der Waals surface area (Å²) in [4.78, 5) is 2.85. The minimum absolute atomic E-state index is 0.601. The van der Waals surface area contributed by atoms with Crippen LogP contribution in [0.15, 0.2) is 64.5 Å². The van der Waals surface area contributed by atoms with Crippen molar-refractivity contribution >= 4 is 44.1 Å². The number of aromatic nitrogens is 1. The van der Waals surface area contributed by atoms with Gasteiger partial charge in [-0.25, -0.2) is 4.57 Å². The molecule has 1 aliphatic heterocycles. The van der Waals surface area contributed by atoms with E-state index in [1.165, 1.54) is 75.6 Å². The molecule has 0 unspecified atom stereocenters. The summed E-state index contributed by atoms with van der Waals surface area (Å²) in [6.07, 6.45) is 4.49. The minimum Gasteiger partial charge on any atom is -0.200 e. The average molecular weight is 491 g/mol. The fraction of sp³-hybridized carbons (Fsp3) is 0.324. The van der Waals surface area contributed by atoms with E-state index in [9.17, 15) is 0 Å². The number of aryl methyl sites for hydroxylation is 3. The van der Waals surface area contributed by atoms with Crippen LogP contribution >= 0.6 is 11.8 Å². The molecule has 2 heterocycles. The van der Waals surface area contributed by atoms with Gasteiger partial charge in [0.15, 0.2) is 6.20 Å². The molecule has 6 rings (SSSR count). The maximum atomic E-state index is 2.45. The average Bonchev–Trinajstić information content (AvgIpc) is 2.82. The van der Waals surface area contributed by atoms with E-state index < -0.39 is 0 Å². The van der Waals surface area contributed by atoms with E-state index in [-0.39, 0.29) is 0 Å². The van der Waals surface area contributed by atoms with Gasteiger partial charge < -0.3 is 0 Å². The molecule has 0 radical (unpaired) electrons. The number of benzene rings is 4. The van der Waals surface area contributed by atoms with Gasteiger partial charge in [0, 0.05) is 21.2 Å². The maximum absolute atomic E-state index is 2.45. The highest BCUT2D eigenvalue weighted by atomic mass is 32.2. The van der Waals surface area contributed by atoms with Gasteiger partial charge in [-0.1, -0.05) is 81.4 Å². The first-order chi connectivity index (χ1) is 17.2. The van der Waals surface area contributed by atoms with Crippen molar-refractivity contribution in [1.29, 1.82) is 0 Å². The molecular weight excluding hydrogens is 454 g/mol. The highest BCUT2D eigenvalue weighted by Crippen LogP contribution is 2.53. The Morgan fingerprint density at radius 3 is 2.31 bits per heavy atom. The molecule has 5 aromatic rings. The zero-order valence-corrected chi connectivity index (χ0v) is 23.4. The third-order valence-electron chi connectivity index (χ3n) is 7.75. The van der Waals surface area contributed by atoms with Crippen molar-refractivity contribution in [2.24, 2.45) is 18.9 Å². The van der Waals surface area contributed by atoms with E-state index in [0.29, 0.717) is 11.8 Å². The number of hydrogen-bond donors (Lipinski definition) is 0. The van der Waals surface area contributed by atoms with Gasteiger partial charge in [0.2, 0.25) is 5.69 Å². The second kappa shape index (κ2) is 8.63. The molecule has 0 aliphatic carbocycles. The molecule has 0 amide bonds. The van der Waals surface area contributed by atoms with Crippen LogP contribution in [0.5, 0.6) is 0 Å². The van der Waals surface area contributed by atoms with Gasteiger partial charge in [-0.3, -0.25) is 0 Å². The Hall–Kier alpha value is -2.84. The molecule has 182 valence electrons. The van der Waals surface area contributed by atoms with Crippen molar-refractivity contribution < 1.29 is 4.57 Å². The van der Waals surface area contributed by atoms with Crippen LogP contribution < -0.4 is 4.57 Å². The van der Waals surface area contributed by atoms with E-state index in [1.54, 1.807) is 0 Å². The zero-order chi connectivity index (χ0) is 25.3. The van der Waals surface area contributed by atoms with Gasteiger partial charge in [-0.05, 0) is 82.8 Å². The molecule has 1 nitrogen and oxygen atoms in total. The topological polar surface area (TPSA) is 3.88 Å². The maximum Gasteiger partial charge on any atom is 0.222 e. The Morgan fingerprint density at radius 2 is 1.56 bits per heavy atom. The molecule has 4 aromatic carbocycles. The molecule has 2 heteroatoms. The van der Waals surface area contributed by atoms with Gasteiger partial charge in [0.1, 0.15) is 7.05 Å². The lowest BCUT2D eigenvalue weighted by Crippen LogP contribution is -2.32. The lowest BCUT2D eigenvalue weighted by molar-refractivity contribution is -0.659. The van der Waals surface area contributed by atoms with Crippen molar-refractivity contribution in [1.82, 2.24) is 0 Å². The summed E-state index contributed by atoms with van der Waals surface area (Å²) >= 11 is 2.00. The molecule has 0 spiro atoms. The molecule has 1 aromatic heterocycles. The number of pyridine rings is 1. The molecule has 1 aliphatic rings. The molecule has 0 saturated carbocycles. The highest BCUT2D eigenvalue weighted by Gasteiger charge is 2.32. The SMILES string of the molecule is Cc1ccc2c(CC(C)C)c3c(c(C)c2c1)-c1c2c(cc4ccc(CC(C)C)cc4c2cc[n+]1C)S3. The lowest BCUT2D eigenvalue weighted by Gasteiger charge is -2.26. The van der Waals surface area contributed by atoms with Crippen molar-refractivity contribution in [3.8, 4) is 11.3 Å². The number of nitrogens with zero attached hydrogens (tertiary/aromatic N) is 1. The summed E-state index contributed by atoms with van der Waals surface area (Å²) in [5.74, 6) is 1.25. The van der Waals surface area contributed by atoms with Crippen molar-refractivity contribution in [2.75, 3.05) is 0 Å². The number of hydrogen-bond acceptors (Lipinski definition) is 1. The first kappa shape index (κ1) is 23.6. The van der Waals surface area contributed by atoms with Crippen molar-refractivity contribution in [3.05, 3.63) is 77.0 Å². The van der Waals surface area contributed by atoms with E-state index in [2.05, 4.69) is 108 Å². The Labute approximate surface area is 219 Å². The number of fused-ring (bicyclic) bond motifs is 5. The fourth-order valence-corrected chi connectivity index (χ4v) is 7.59. The zero-order valence-electron chi connectivity index (χ0n) is 22.6. The third-order valence-corrected chi connectivity index (χ3v) is 8.95. The molecular formula is C34H36NS+. The summed E-state index contributed by atoms with van der Waals surface area (Å²) in [5.41, 5.74) is 8.50. The second-order valence-electron chi connectivity index (χ2n) is 11.6. The van der Waals surface area contributed by atoms with Crippen LogP contribution in [0.25, 0.3) is 43.6 Å². The van der Waals surface area contributed by atoms with Crippen LogP contribution in [0.4, 0.5) is 0 Å². The van der Waals surface area contributed by atoms with Crippen LogP contribution in [-0.2, 0) is 19.9 Å². The van der Waals surface area contributed by atoms with Crippen molar-refractivity contribution in [3.63, 3.8) is 0 Å². The smallest absolute Gasteiger partial charge is 0.200 e. The van der Waals surface area contributed by atoms with Crippen molar-refractivity contribution in [2.45, 2.75) is 64.2 Å². The summed E-state index contributed by atoms with van der Waals surface area (Å²) in [7, 11) is 2.22. The van der Waals surface area contributed by atoms with Gasteiger partial charge >= 0.3 is 0 Å². The summed E-state index contributed by atoms with van der Waals surface area (Å²) in [5, 5.41) is 8.36. The summed E-state index contributed by atoms with van der Waals surface area (Å²) in [6, 6.07) is 18.9. The summed E-state index contributed by atoms with van der Waals surface area (Å²) in [6.45, 7) is 13.9. The molecule has 0 fully saturated rings. The van der Waals surface area contributed by atoms with Crippen LogP contribution in [0, 0.1) is 25.7 Å². The first-order valence-electron chi connectivity index (χ1n) is 13.3. The predicted molar refractivity (Wildman–Crippen MR) is 156 cm³/mol. The van der Waals surface area contributed by atoms with Crippen LogP contribution in [0.2, 0.25) is 0 Å². The number of rotatable bonds is 4. The third kappa shape index (κ3) is 3.65. The van der Waals surface area contributed by atoms with Crippen LogP contribution in [0.1, 0.15) is 49.9 Å². The molecule has 0 N–H and O–H groups in total. The molecule has 36 heavy (non-hydrogen) atoms. The van der Waals surface area contributed by atoms with E-state index >= 15 is 0 Å². The first-order valence-corrected chi connectivity index (χ1v) is 14.2. The molecule has 0 saturated heterocycles. The lowest BCUT2D eigenvalue weighted by atomic mass is 9.87. The predicted octanol–water partition coefficient (Wildman–Crippen LogP) is 9.12. The second-order valence-corrected chi connectivity index (χ2v) is 12.7. The molecule has 0 bridgehead atoms. The standard InChI is InChI=1S/C34H36NS/c1-19(2)14-23-9-10-24-18-30-32-26(28(24)17-23)12-13-35(7)33(32)31-22(6)27-16-21(5)8-11-25(27)29(15-20(3)4)34(31)36-30/h8-13,16-20H,14-15H2,1-7H3/q+1. The highest BCUT2D eigenvalue weighted by molar-refractivity contribution is 8.00. The monoisotopic (exact) mass is 490 g/mol. The Bertz CT molecular complexity index is 1690. The van der Waals surface area contributed by atoms with Gasteiger partial charge in [0.05, 0.1) is 10.9 Å². The van der Waals surface area contributed by atoms with Gasteiger partial charge in [-0.2, -0.15) is 0 Å². The normalized spacial score (nSPS) is 12.9. The Morgan fingerprint density at radius 1 is 0.778 bits per heavy atom. The quantitative estimate of drug-likeness (QED) is 0.176. The van der Waals surface area contributed by atoms with Crippen LogP contribution in [0.3, 0.4) is 0 Å². The Kier molecular flexibility index (Phi) is 5.64. The van der Waals surface area contributed by atoms with Crippen LogP contribution in [-0.4, -0.2) is 0 Å². The van der Waals surface area contributed by atoms with Gasteiger partial charge in [0.25, 0.3) is 0 Å². The van der Waals surface area contributed by atoms with Gasteiger partial charge in [-0.15, -0.1) is 0 Å². The minimum atomic E-state index is 0.601.